The van der Waals surface area contributed by atoms with Gasteiger partial charge in [0.2, 0.25) is 10.0 Å². The molecule has 0 radical (unpaired) electrons. The summed E-state index contributed by atoms with van der Waals surface area (Å²) in [6, 6.07) is -2.27. The average Bonchev–Trinajstić information content (AvgIpc) is 2.63. The molecule has 1 aromatic heterocycles. The molecule has 6 nitrogen and oxygen atoms in total. The zero-order chi connectivity index (χ0) is 16.6. The normalized spacial score (nSPS) is 14.0. The van der Waals surface area contributed by atoms with Crippen molar-refractivity contribution in [2.24, 2.45) is 7.05 Å². The van der Waals surface area contributed by atoms with E-state index in [0.717, 1.165) is 17.9 Å². The van der Waals surface area contributed by atoms with E-state index in [1.165, 1.54) is 11.8 Å². The molecule has 21 heavy (non-hydrogen) atoms. The molecule has 0 saturated heterocycles. The maximum atomic E-state index is 12.4. The molecule has 0 aromatic carbocycles. The summed E-state index contributed by atoms with van der Waals surface area (Å²) in [5.74, 6) is -0.824. The molecule has 0 unspecified atom stereocenters. The lowest BCUT2D eigenvalue weighted by atomic mass is 10.4. The van der Waals surface area contributed by atoms with Gasteiger partial charge in [0.1, 0.15) is 16.6 Å². The van der Waals surface area contributed by atoms with Crippen molar-refractivity contribution in [3.8, 4) is 0 Å². The molecule has 1 heterocycles. The van der Waals surface area contributed by atoms with E-state index < -0.39 is 33.1 Å². The Bertz CT molecular complexity index is 654. The van der Waals surface area contributed by atoms with Crippen LogP contribution in [0.5, 0.6) is 0 Å². The number of rotatable bonds is 4. The number of carbonyl (C=O) groups excluding carboxylic acids is 1. The second-order valence-corrected chi connectivity index (χ2v) is 6.62. The summed E-state index contributed by atoms with van der Waals surface area (Å²) in [6.07, 6.45) is -3.71. The van der Waals surface area contributed by atoms with Crippen molar-refractivity contribution in [3.05, 3.63) is 16.4 Å². The van der Waals surface area contributed by atoms with Gasteiger partial charge in [-0.3, -0.25) is 0 Å². The summed E-state index contributed by atoms with van der Waals surface area (Å²) in [6.45, 7) is 0.676. The number of alkyl halides is 3. The van der Waals surface area contributed by atoms with Crippen LogP contribution >= 0.6 is 15.9 Å². The monoisotopic (exact) mass is 392 g/mol. The standard InChI is InChI=1S/C10H12BrF3N2O4S/c1-5(10(12,13)14)15-21(18,19)6-4-16(2)8(7(6)11)9(17)20-3/h4-5,15H,1-3H3/t5-/m1/s1. The van der Waals surface area contributed by atoms with Gasteiger partial charge in [-0.15, -0.1) is 0 Å². The molecule has 0 amide bonds. The lowest BCUT2D eigenvalue weighted by Gasteiger charge is -2.16. The molecule has 0 bridgehead atoms. The minimum atomic E-state index is -4.72. The number of aryl methyl sites for hydroxylation is 1. The van der Waals surface area contributed by atoms with Gasteiger partial charge in [-0.25, -0.2) is 13.2 Å². The number of nitrogens with one attached hydrogen (secondary N) is 1. The van der Waals surface area contributed by atoms with Gasteiger partial charge in [-0.2, -0.15) is 17.9 Å². The number of hydrogen-bond acceptors (Lipinski definition) is 4. The Balaban J connectivity index is 3.25. The van der Waals surface area contributed by atoms with Gasteiger partial charge in [0.25, 0.3) is 0 Å². The molecule has 1 atom stereocenters. The quantitative estimate of drug-likeness (QED) is 0.792. The van der Waals surface area contributed by atoms with Gasteiger partial charge in [0.15, 0.2) is 0 Å². The first-order chi connectivity index (χ1) is 9.41. The van der Waals surface area contributed by atoms with E-state index in [9.17, 15) is 26.4 Å². The van der Waals surface area contributed by atoms with Crippen LogP contribution in [0, 0.1) is 0 Å². The van der Waals surface area contributed by atoms with Crippen molar-refractivity contribution in [2.75, 3.05) is 7.11 Å². The third-order valence-electron chi connectivity index (χ3n) is 2.58. The van der Waals surface area contributed by atoms with Crippen molar-refractivity contribution in [3.63, 3.8) is 0 Å². The van der Waals surface area contributed by atoms with Gasteiger partial charge < -0.3 is 9.30 Å². The highest BCUT2D eigenvalue weighted by atomic mass is 79.9. The van der Waals surface area contributed by atoms with Crippen molar-refractivity contribution >= 4 is 31.9 Å². The van der Waals surface area contributed by atoms with Crippen LogP contribution in [0.4, 0.5) is 13.2 Å². The Morgan fingerprint density at radius 2 is 2.00 bits per heavy atom. The SMILES string of the molecule is COC(=O)c1c(Br)c(S(=O)(=O)N[C@H](C)C(F)(F)F)cn1C. The first-order valence-corrected chi connectivity index (χ1v) is 7.71. The fourth-order valence-corrected chi connectivity index (χ4v) is 3.99. The molecule has 1 rings (SSSR count). The Kier molecular flexibility index (Phi) is 5.11. The van der Waals surface area contributed by atoms with E-state index in [1.54, 1.807) is 0 Å². The molecular weight excluding hydrogens is 381 g/mol. The molecule has 0 saturated carbocycles. The number of ether oxygens (including phenoxy) is 1. The number of halogens is 4. The minimum Gasteiger partial charge on any atom is -0.464 e. The van der Waals surface area contributed by atoms with Gasteiger partial charge in [-0.1, -0.05) is 0 Å². The number of nitrogens with zero attached hydrogens (tertiary/aromatic N) is 1. The van der Waals surface area contributed by atoms with Crippen molar-refractivity contribution in [2.45, 2.75) is 24.0 Å². The second kappa shape index (κ2) is 5.97. The maximum absolute atomic E-state index is 12.4. The van der Waals surface area contributed by atoms with Gasteiger partial charge >= 0.3 is 12.1 Å². The molecule has 1 N–H and O–H groups in total. The number of methoxy groups -OCH3 is 1. The summed E-state index contributed by atoms with van der Waals surface area (Å²) < 4.78 is 68.2. The van der Waals surface area contributed by atoms with E-state index >= 15 is 0 Å². The molecule has 11 heteroatoms. The third kappa shape index (κ3) is 3.77. The van der Waals surface area contributed by atoms with Crippen molar-refractivity contribution < 1.29 is 31.1 Å². The highest BCUT2D eigenvalue weighted by molar-refractivity contribution is 9.10. The minimum absolute atomic E-state index is 0.127. The highest BCUT2D eigenvalue weighted by Gasteiger charge is 2.40. The summed E-state index contributed by atoms with van der Waals surface area (Å²) in [4.78, 5) is 11.0. The zero-order valence-electron chi connectivity index (χ0n) is 11.2. The number of sulfonamides is 1. The number of carbonyl (C=O) groups is 1. The summed E-state index contributed by atoms with van der Waals surface area (Å²) in [5.41, 5.74) is -0.127. The highest BCUT2D eigenvalue weighted by Crippen LogP contribution is 2.29. The number of hydrogen-bond donors (Lipinski definition) is 1. The van der Waals surface area contributed by atoms with E-state index in [4.69, 9.17) is 0 Å². The molecule has 0 aliphatic rings. The molecule has 0 aliphatic carbocycles. The fraction of sp³-hybridized carbons (Fsp3) is 0.500. The average molecular weight is 393 g/mol. The molecule has 0 fully saturated rings. The van der Waals surface area contributed by atoms with Crippen LogP contribution in [0.3, 0.4) is 0 Å². The molecule has 0 spiro atoms. The van der Waals surface area contributed by atoms with E-state index in [1.807, 2.05) is 0 Å². The lowest BCUT2D eigenvalue weighted by molar-refractivity contribution is -0.147. The second-order valence-electron chi connectivity index (χ2n) is 4.14. The van der Waals surface area contributed by atoms with Crippen molar-refractivity contribution in [1.29, 1.82) is 0 Å². The third-order valence-corrected chi connectivity index (χ3v) is 5.20. The van der Waals surface area contributed by atoms with Crippen LogP contribution < -0.4 is 4.72 Å². The first kappa shape index (κ1) is 18.0. The predicted octanol–water partition coefficient (Wildman–Crippen LogP) is 1.80. The van der Waals surface area contributed by atoms with Crippen LogP contribution in [0.2, 0.25) is 0 Å². The Labute approximate surface area is 127 Å². The molecule has 1 aromatic rings. The molecule has 0 aliphatic heterocycles. The fourth-order valence-electron chi connectivity index (χ4n) is 1.45. The van der Waals surface area contributed by atoms with Crippen LogP contribution in [0.15, 0.2) is 15.6 Å². The molecule has 120 valence electrons. The Morgan fingerprint density at radius 1 is 1.48 bits per heavy atom. The largest absolute Gasteiger partial charge is 0.464 e. The first-order valence-electron chi connectivity index (χ1n) is 5.44. The Hall–Kier alpha value is -1.07. The van der Waals surface area contributed by atoms with Crippen LogP contribution in [-0.2, 0) is 21.8 Å². The molecular formula is C10H12BrF3N2O4S. The Morgan fingerprint density at radius 3 is 2.43 bits per heavy atom. The predicted molar refractivity (Wildman–Crippen MR) is 70.3 cm³/mol. The maximum Gasteiger partial charge on any atom is 0.404 e. The van der Waals surface area contributed by atoms with E-state index in [0.29, 0.717) is 6.92 Å². The van der Waals surface area contributed by atoms with Crippen LogP contribution in [0.25, 0.3) is 0 Å². The smallest absolute Gasteiger partial charge is 0.404 e. The number of esters is 1. The van der Waals surface area contributed by atoms with Crippen LogP contribution in [0.1, 0.15) is 17.4 Å². The number of aromatic nitrogens is 1. The van der Waals surface area contributed by atoms with Gasteiger partial charge in [-0.05, 0) is 22.9 Å². The lowest BCUT2D eigenvalue weighted by Crippen LogP contribution is -2.42. The topological polar surface area (TPSA) is 77.4 Å². The van der Waals surface area contributed by atoms with Gasteiger partial charge in [0.05, 0.1) is 11.6 Å². The summed E-state index contributed by atoms with van der Waals surface area (Å²) in [7, 11) is -2.00. The summed E-state index contributed by atoms with van der Waals surface area (Å²) >= 11 is 2.90. The van der Waals surface area contributed by atoms with Gasteiger partial charge in [0, 0.05) is 13.2 Å². The van der Waals surface area contributed by atoms with Crippen LogP contribution in [-0.4, -0.2) is 38.3 Å². The summed E-state index contributed by atoms with van der Waals surface area (Å²) in [5, 5.41) is 0. The van der Waals surface area contributed by atoms with E-state index in [-0.39, 0.29) is 10.2 Å². The zero-order valence-corrected chi connectivity index (χ0v) is 13.6. The van der Waals surface area contributed by atoms with Crippen molar-refractivity contribution in [1.82, 2.24) is 9.29 Å². The van der Waals surface area contributed by atoms with E-state index in [2.05, 4.69) is 20.7 Å².